The second kappa shape index (κ2) is 7.34. The first kappa shape index (κ1) is 19.7. The zero-order valence-electron chi connectivity index (χ0n) is 16.9. The fraction of sp³-hybridized carbons (Fsp3) is 0.304. The molecule has 29 heavy (non-hydrogen) atoms. The minimum atomic E-state index is -0.375. The van der Waals surface area contributed by atoms with Crippen LogP contribution in [0.4, 0.5) is 14.9 Å². The molecule has 150 valence electrons. The second-order valence-electron chi connectivity index (χ2n) is 7.70. The van der Waals surface area contributed by atoms with Crippen LogP contribution in [0.25, 0.3) is 0 Å². The van der Waals surface area contributed by atoms with Crippen molar-refractivity contribution in [2.75, 3.05) is 4.90 Å². The van der Waals surface area contributed by atoms with Crippen LogP contribution < -0.4 is 4.90 Å². The number of nitrogens with zero attached hydrogens (tertiary/aromatic N) is 2. The Labute approximate surface area is 174 Å². The summed E-state index contributed by atoms with van der Waals surface area (Å²) in [5.74, 6) is -0.868. The van der Waals surface area contributed by atoms with E-state index in [0.29, 0.717) is 12.2 Å². The van der Waals surface area contributed by atoms with Crippen molar-refractivity contribution in [1.82, 2.24) is 4.90 Å². The molecule has 4 nitrogen and oxygen atoms in total. The first-order chi connectivity index (χ1) is 13.8. The molecule has 6 heteroatoms. The molecule has 2 aromatic carbocycles. The first-order valence-electron chi connectivity index (χ1n) is 9.58. The normalized spacial score (nSPS) is 21.8. The molecule has 0 spiro atoms. The van der Waals surface area contributed by atoms with E-state index in [0.717, 1.165) is 27.2 Å². The van der Waals surface area contributed by atoms with Crippen LogP contribution in [-0.2, 0) is 11.3 Å². The van der Waals surface area contributed by atoms with E-state index < -0.39 is 0 Å². The second-order valence-corrected chi connectivity index (χ2v) is 9.04. The number of anilines is 1. The molecule has 2 aliphatic rings. The van der Waals surface area contributed by atoms with Crippen molar-refractivity contribution < 1.29 is 14.0 Å². The summed E-state index contributed by atoms with van der Waals surface area (Å²) >= 11 is 1.56. The molecule has 3 amide bonds. The monoisotopic (exact) mass is 410 g/mol. The third-order valence-electron chi connectivity index (χ3n) is 5.85. The van der Waals surface area contributed by atoms with Gasteiger partial charge >= 0.3 is 6.03 Å². The average Bonchev–Trinajstić information content (AvgIpc) is 2.98. The maximum absolute atomic E-state index is 13.5. The lowest BCUT2D eigenvalue weighted by Crippen LogP contribution is -2.60. The van der Waals surface area contributed by atoms with Crippen LogP contribution in [-0.4, -0.2) is 22.2 Å². The van der Waals surface area contributed by atoms with Gasteiger partial charge in [-0.3, -0.25) is 4.79 Å². The minimum Gasteiger partial charge on any atom is -0.306 e. The fourth-order valence-corrected chi connectivity index (χ4v) is 5.27. The molecule has 0 radical (unpaired) electrons. The van der Waals surface area contributed by atoms with E-state index in [-0.39, 0.29) is 29.0 Å². The number of rotatable bonds is 3. The predicted octanol–water partition coefficient (Wildman–Crippen LogP) is 5.39. The number of aryl methyl sites for hydroxylation is 2. The Bertz CT molecular complexity index is 1030. The lowest BCUT2D eigenvalue weighted by molar-refractivity contribution is -0.122. The van der Waals surface area contributed by atoms with Gasteiger partial charge in [-0.2, -0.15) is 0 Å². The van der Waals surface area contributed by atoms with Crippen LogP contribution in [0.1, 0.15) is 30.5 Å². The van der Waals surface area contributed by atoms with Gasteiger partial charge < -0.3 is 4.90 Å². The van der Waals surface area contributed by atoms with Gasteiger partial charge in [-0.05, 0) is 79.1 Å². The molecule has 2 unspecified atom stereocenters. The number of benzene rings is 2. The van der Waals surface area contributed by atoms with Crippen molar-refractivity contribution in [3.05, 3.63) is 75.5 Å². The van der Waals surface area contributed by atoms with Crippen molar-refractivity contribution in [1.29, 1.82) is 0 Å². The predicted molar refractivity (Wildman–Crippen MR) is 114 cm³/mol. The third kappa shape index (κ3) is 3.35. The van der Waals surface area contributed by atoms with Gasteiger partial charge in [0, 0.05) is 6.54 Å². The molecule has 4 rings (SSSR count). The molecule has 0 aliphatic carbocycles. The number of halogens is 1. The summed E-state index contributed by atoms with van der Waals surface area (Å²) in [4.78, 5) is 31.0. The standard InChI is InChI=1S/C23H23FN2O2S/c1-13-5-10-19(11-14(13)2)26-21(27)20-15(3)16(4)29-22(20)25(23(26)28)12-17-6-8-18(24)9-7-17/h5-11,20,22H,12H2,1-4H3. The molecule has 2 heterocycles. The van der Waals surface area contributed by atoms with E-state index in [1.54, 1.807) is 28.8 Å². The maximum Gasteiger partial charge on any atom is 0.332 e. The van der Waals surface area contributed by atoms with Gasteiger partial charge in [0.05, 0.1) is 17.0 Å². The maximum atomic E-state index is 13.5. The van der Waals surface area contributed by atoms with Crippen LogP contribution in [0, 0.1) is 25.6 Å². The smallest absolute Gasteiger partial charge is 0.306 e. The first-order valence-corrected chi connectivity index (χ1v) is 10.5. The van der Waals surface area contributed by atoms with Gasteiger partial charge in [-0.25, -0.2) is 14.1 Å². The number of carbonyl (C=O) groups is 2. The summed E-state index contributed by atoms with van der Waals surface area (Å²) in [6.07, 6.45) is 0. The molecule has 0 saturated carbocycles. The molecule has 2 aromatic rings. The quantitative estimate of drug-likeness (QED) is 0.681. The highest BCUT2D eigenvalue weighted by atomic mass is 32.2. The number of hydrogen-bond acceptors (Lipinski definition) is 3. The van der Waals surface area contributed by atoms with Crippen molar-refractivity contribution in [2.45, 2.75) is 39.6 Å². The molecule has 2 atom stereocenters. The van der Waals surface area contributed by atoms with Gasteiger partial charge in [0.1, 0.15) is 5.82 Å². The molecular formula is C23H23FN2O2S. The summed E-state index contributed by atoms with van der Waals surface area (Å²) in [6, 6.07) is 11.5. The Kier molecular flexibility index (Phi) is 4.99. The zero-order valence-corrected chi connectivity index (χ0v) is 17.7. The van der Waals surface area contributed by atoms with Crippen LogP contribution in [0.3, 0.4) is 0 Å². The summed E-state index contributed by atoms with van der Waals surface area (Å²) in [7, 11) is 0. The van der Waals surface area contributed by atoms with Gasteiger partial charge in [0.15, 0.2) is 0 Å². The van der Waals surface area contributed by atoms with E-state index in [1.165, 1.54) is 17.0 Å². The summed E-state index contributed by atoms with van der Waals surface area (Å²) in [5, 5.41) is -0.275. The number of urea groups is 1. The highest BCUT2D eigenvalue weighted by Crippen LogP contribution is 2.47. The van der Waals surface area contributed by atoms with E-state index >= 15 is 0 Å². The van der Waals surface area contributed by atoms with Crippen LogP contribution in [0.5, 0.6) is 0 Å². The highest BCUT2D eigenvalue weighted by Gasteiger charge is 2.51. The highest BCUT2D eigenvalue weighted by molar-refractivity contribution is 8.03. The third-order valence-corrected chi connectivity index (χ3v) is 7.29. The summed E-state index contributed by atoms with van der Waals surface area (Å²) in [5.41, 5.74) is 4.56. The topological polar surface area (TPSA) is 40.6 Å². The molecular weight excluding hydrogens is 387 g/mol. The molecule has 1 saturated heterocycles. The van der Waals surface area contributed by atoms with Gasteiger partial charge in [-0.1, -0.05) is 18.2 Å². The lowest BCUT2D eigenvalue weighted by atomic mass is 9.95. The lowest BCUT2D eigenvalue weighted by Gasteiger charge is -2.42. The average molecular weight is 411 g/mol. The van der Waals surface area contributed by atoms with Crippen molar-refractivity contribution in [3.63, 3.8) is 0 Å². The Hall–Kier alpha value is -2.60. The largest absolute Gasteiger partial charge is 0.332 e. The Morgan fingerprint density at radius 3 is 2.31 bits per heavy atom. The number of imide groups is 1. The number of fused-ring (bicyclic) bond motifs is 1. The van der Waals surface area contributed by atoms with E-state index in [1.807, 2.05) is 45.9 Å². The van der Waals surface area contributed by atoms with E-state index in [4.69, 9.17) is 0 Å². The molecule has 0 N–H and O–H groups in total. The molecule has 0 bridgehead atoms. The fourth-order valence-electron chi connectivity index (χ4n) is 3.84. The van der Waals surface area contributed by atoms with Gasteiger partial charge in [-0.15, -0.1) is 11.8 Å². The number of amides is 3. The SMILES string of the molecule is CC1=C(C)C2C(=O)N(c3ccc(C)c(C)c3)C(=O)N(Cc3ccc(F)cc3)C2S1. The van der Waals surface area contributed by atoms with Crippen molar-refractivity contribution in [2.24, 2.45) is 5.92 Å². The number of hydrogen-bond donors (Lipinski definition) is 0. The Morgan fingerprint density at radius 2 is 1.66 bits per heavy atom. The van der Waals surface area contributed by atoms with Gasteiger partial charge in [0.25, 0.3) is 0 Å². The van der Waals surface area contributed by atoms with Crippen molar-refractivity contribution in [3.8, 4) is 0 Å². The van der Waals surface area contributed by atoms with Crippen LogP contribution in [0.2, 0.25) is 0 Å². The summed E-state index contributed by atoms with van der Waals surface area (Å²) < 4.78 is 13.3. The summed E-state index contributed by atoms with van der Waals surface area (Å²) in [6.45, 7) is 8.25. The van der Waals surface area contributed by atoms with E-state index in [2.05, 4.69) is 0 Å². The number of carbonyl (C=O) groups excluding carboxylic acids is 2. The molecule has 1 fully saturated rings. The molecule has 0 aromatic heterocycles. The minimum absolute atomic E-state index is 0.180. The van der Waals surface area contributed by atoms with Crippen molar-refractivity contribution >= 4 is 29.4 Å². The van der Waals surface area contributed by atoms with Gasteiger partial charge in [0.2, 0.25) is 5.91 Å². The van der Waals surface area contributed by atoms with E-state index in [9.17, 15) is 14.0 Å². The number of allylic oxidation sites excluding steroid dienone is 1. The zero-order chi connectivity index (χ0) is 20.9. The van der Waals surface area contributed by atoms with Crippen LogP contribution in [0.15, 0.2) is 52.9 Å². The Balaban J connectivity index is 1.76. The number of thioether (sulfide) groups is 1. The molecule has 2 aliphatic heterocycles. The van der Waals surface area contributed by atoms with Crippen LogP contribution >= 0.6 is 11.8 Å². The Morgan fingerprint density at radius 1 is 0.966 bits per heavy atom.